The molecule has 0 saturated heterocycles. The molecule has 1 N–H and O–H groups in total. The fourth-order valence-electron chi connectivity index (χ4n) is 2.97. The number of fused-ring (bicyclic) bond motifs is 2. The molecular formula is C15H14O3. The Labute approximate surface area is 105 Å². The molecule has 0 amide bonds. The lowest BCUT2D eigenvalue weighted by molar-refractivity contribution is 0.0824. The number of carbonyl (C=O) groups is 1. The molecule has 3 nitrogen and oxygen atoms in total. The molecule has 1 aliphatic rings. The second-order valence-electron chi connectivity index (χ2n) is 5.02. The average Bonchev–Trinajstić information content (AvgIpc) is 2.69. The summed E-state index contributed by atoms with van der Waals surface area (Å²) < 4.78 is 5.32. The number of furan rings is 1. The first-order chi connectivity index (χ1) is 8.44. The van der Waals surface area contributed by atoms with Gasteiger partial charge in [0.15, 0.2) is 5.76 Å². The molecule has 0 radical (unpaired) electrons. The van der Waals surface area contributed by atoms with E-state index in [2.05, 4.69) is 0 Å². The first-order valence-electron chi connectivity index (χ1n) is 5.90. The van der Waals surface area contributed by atoms with Gasteiger partial charge in [-0.25, -0.2) is 0 Å². The lowest BCUT2D eigenvalue weighted by Gasteiger charge is -2.32. The van der Waals surface area contributed by atoms with Crippen LogP contribution in [0.15, 0.2) is 28.9 Å². The number of carbonyl (C=O) groups excluding carboxylic acids is 1. The van der Waals surface area contributed by atoms with E-state index in [9.17, 15) is 9.90 Å². The summed E-state index contributed by atoms with van der Waals surface area (Å²) in [4.78, 5) is 12.4. The summed E-state index contributed by atoms with van der Waals surface area (Å²) in [7, 11) is 0. The average molecular weight is 242 g/mol. The standard InChI is InChI=1S/C15H14O3/c1-8-5-4-6-10-11(8)15(3,17)12-9(2)7-18-14(12)13(10)16/h4-7,17H,1-3H3. The van der Waals surface area contributed by atoms with Gasteiger partial charge in [-0.2, -0.15) is 0 Å². The fourth-order valence-corrected chi connectivity index (χ4v) is 2.97. The minimum Gasteiger partial charge on any atom is -0.460 e. The lowest BCUT2D eigenvalue weighted by Crippen LogP contribution is -2.33. The van der Waals surface area contributed by atoms with Gasteiger partial charge in [-0.3, -0.25) is 4.79 Å². The van der Waals surface area contributed by atoms with E-state index in [1.54, 1.807) is 13.0 Å². The number of rotatable bonds is 0. The van der Waals surface area contributed by atoms with E-state index >= 15 is 0 Å². The van der Waals surface area contributed by atoms with Gasteiger partial charge in [-0.15, -0.1) is 0 Å². The van der Waals surface area contributed by atoms with E-state index in [-0.39, 0.29) is 11.5 Å². The Morgan fingerprint density at radius 2 is 1.89 bits per heavy atom. The smallest absolute Gasteiger partial charge is 0.229 e. The third-order valence-electron chi connectivity index (χ3n) is 3.67. The van der Waals surface area contributed by atoms with Crippen LogP contribution in [0.2, 0.25) is 0 Å². The zero-order valence-corrected chi connectivity index (χ0v) is 10.6. The van der Waals surface area contributed by atoms with Gasteiger partial charge in [0.25, 0.3) is 0 Å². The summed E-state index contributed by atoms with van der Waals surface area (Å²) in [5.41, 5.74) is 2.35. The zero-order chi connectivity index (χ0) is 13.1. The molecule has 1 atom stereocenters. The van der Waals surface area contributed by atoms with Crippen LogP contribution >= 0.6 is 0 Å². The highest BCUT2D eigenvalue weighted by molar-refractivity contribution is 6.11. The van der Waals surface area contributed by atoms with Crippen LogP contribution in [0.1, 0.15) is 45.3 Å². The highest BCUT2D eigenvalue weighted by Gasteiger charge is 2.43. The van der Waals surface area contributed by atoms with E-state index < -0.39 is 5.60 Å². The summed E-state index contributed by atoms with van der Waals surface area (Å²) in [6.45, 7) is 5.46. The van der Waals surface area contributed by atoms with Gasteiger partial charge in [0.2, 0.25) is 5.78 Å². The van der Waals surface area contributed by atoms with Crippen molar-refractivity contribution < 1.29 is 14.3 Å². The second kappa shape index (κ2) is 3.33. The Morgan fingerprint density at radius 1 is 1.17 bits per heavy atom. The Morgan fingerprint density at radius 3 is 2.61 bits per heavy atom. The van der Waals surface area contributed by atoms with Crippen molar-refractivity contribution in [3.05, 3.63) is 58.0 Å². The van der Waals surface area contributed by atoms with Crippen LogP contribution in [0.25, 0.3) is 0 Å². The molecule has 92 valence electrons. The van der Waals surface area contributed by atoms with E-state index in [0.717, 1.165) is 11.1 Å². The molecule has 3 heteroatoms. The molecule has 1 heterocycles. The Hall–Kier alpha value is -1.87. The van der Waals surface area contributed by atoms with E-state index in [0.29, 0.717) is 16.7 Å². The summed E-state index contributed by atoms with van der Waals surface area (Å²) in [6.07, 6.45) is 1.53. The Balaban J connectivity index is 2.43. The lowest BCUT2D eigenvalue weighted by atomic mass is 9.75. The predicted molar refractivity (Wildman–Crippen MR) is 66.7 cm³/mol. The first-order valence-corrected chi connectivity index (χ1v) is 5.90. The highest BCUT2D eigenvalue weighted by Crippen LogP contribution is 2.43. The number of hydrogen-bond acceptors (Lipinski definition) is 3. The molecule has 0 fully saturated rings. The summed E-state index contributed by atoms with van der Waals surface area (Å²) >= 11 is 0. The second-order valence-corrected chi connectivity index (χ2v) is 5.02. The van der Waals surface area contributed by atoms with Gasteiger partial charge in [0, 0.05) is 16.7 Å². The van der Waals surface area contributed by atoms with Crippen molar-refractivity contribution in [3.63, 3.8) is 0 Å². The van der Waals surface area contributed by atoms with Crippen LogP contribution in [-0.2, 0) is 5.60 Å². The molecule has 0 spiro atoms. The van der Waals surface area contributed by atoms with Crippen molar-refractivity contribution in [2.24, 2.45) is 0 Å². The maximum absolute atomic E-state index is 12.4. The molecule has 18 heavy (non-hydrogen) atoms. The zero-order valence-electron chi connectivity index (χ0n) is 10.6. The SMILES string of the molecule is Cc1cccc2c1C(C)(O)c1c(C)coc1C2=O. The van der Waals surface area contributed by atoms with Crippen molar-refractivity contribution in [3.8, 4) is 0 Å². The van der Waals surface area contributed by atoms with Crippen molar-refractivity contribution >= 4 is 5.78 Å². The van der Waals surface area contributed by atoms with Crippen molar-refractivity contribution in [1.29, 1.82) is 0 Å². The Kier molecular flexibility index (Phi) is 2.08. The van der Waals surface area contributed by atoms with Gasteiger partial charge in [-0.1, -0.05) is 18.2 Å². The van der Waals surface area contributed by atoms with Gasteiger partial charge in [0.1, 0.15) is 5.60 Å². The summed E-state index contributed by atoms with van der Waals surface area (Å²) in [5.74, 6) is 0.110. The monoisotopic (exact) mass is 242 g/mol. The Bertz CT molecular complexity index is 662. The van der Waals surface area contributed by atoms with E-state index in [1.807, 2.05) is 26.0 Å². The molecule has 0 aliphatic heterocycles. The number of aryl methyl sites for hydroxylation is 2. The van der Waals surface area contributed by atoms with Gasteiger partial charge in [-0.05, 0) is 31.9 Å². The maximum Gasteiger partial charge on any atom is 0.229 e. The number of benzene rings is 1. The van der Waals surface area contributed by atoms with E-state index in [4.69, 9.17) is 4.42 Å². The van der Waals surface area contributed by atoms with Gasteiger partial charge < -0.3 is 9.52 Å². The fraction of sp³-hybridized carbons (Fsp3) is 0.267. The molecule has 2 aromatic rings. The molecule has 3 rings (SSSR count). The highest BCUT2D eigenvalue weighted by atomic mass is 16.3. The van der Waals surface area contributed by atoms with Gasteiger partial charge >= 0.3 is 0 Å². The molecule has 0 saturated carbocycles. The third-order valence-corrected chi connectivity index (χ3v) is 3.67. The topological polar surface area (TPSA) is 50.4 Å². The molecular weight excluding hydrogens is 228 g/mol. The van der Waals surface area contributed by atoms with Crippen molar-refractivity contribution in [2.75, 3.05) is 0 Å². The van der Waals surface area contributed by atoms with Crippen molar-refractivity contribution in [1.82, 2.24) is 0 Å². The number of ketones is 1. The number of aliphatic hydroxyl groups is 1. The van der Waals surface area contributed by atoms with Crippen LogP contribution in [0.4, 0.5) is 0 Å². The third kappa shape index (κ3) is 1.20. The van der Waals surface area contributed by atoms with Crippen LogP contribution < -0.4 is 0 Å². The maximum atomic E-state index is 12.4. The van der Waals surface area contributed by atoms with Crippen molar-refractivity contribution in [2.45, 2.75) is 26.4 Å². The molecule has 1 aliphatic carbocycles. The number of hydrogen-bond donors (Lipinski definition) is 1. The summed E-state index contributed by atoms with van der Waals surface area (Å²) in [5, 5.41) is 10.8. The quantitative estimate of drug-likeness (QED) is 0.772. The molecule has 1 aromatic carbocycles. The minimum absolute atomic E-state index is 0.150. The van der Waals surface area contributed by atoms with Crippen LogP contribution in [0, 0.1) is 13.8 Å². The molecule has 1 unspecified atom stereocenters. The van der Waals surface area contributed by atoms with Crippen LogP contribution in [-0.4, -0.2) is 10.9 Å². The first kappa shape index (κ1) is 11.2. The van der Waals surface area contributed by atoms with E-state index in [1.165, 1.54) is 6.26 Å². The predicted octanol–water partition coefficient (Wildman–Crippen LogP) is 2.70. The molecule has 0 bridgehead atoms. The largest absolute Gasteiger partial charge is 0.460 e. The molecule has 1 aromatic heterocycles. The minimum atomic E-state index is -1.18. The normalized spacial score (nSPS) is 21.7. The van der Waals surface area contributed by atoms with Gasteiger partial charge in [0.05, 0.1) is 6.26 Å². The van der Waals surface area contributed by atoms with Crippen LogP contribution in [0.5, 0.6) is 0 Å². The van der Waals surface area contributed by atoms with Crippen LogP contribution in [0.3, 0.4) is 0 Å². The summed E-state index contributed by atoms with van der Waals surface area (Å²) in [6, 6.07) is 5.46.